The first-order valence-electron chi connectivity index (χ1n) is 9.04. The number of carbonyl (C=O) groups is 2. The van der Waals surface area contributed by atoms with Crippen LogP contribution in [0, 0.1) is 0 Å². The topological polar surface area (TPSA) is 68.5 Å². The number of hydrogen-bond donors (Lipinski definition) is 1. The summed E-state index contributed by atoms with van der Waals surface area (Å²) in [5.74, 6) is 1.41. The molecule has 0 radical (unpaired) electrons. The second-order valence-corrected chi connectivity index (χ2v) is 6.51. The van der Waals surface area contributed by atoms with Gasteiger partial charge < -0.3 is 14.5 Å². The Labute approximate surface area is 158 Å². The fraction of sp³-hybridized carbons (Fsp3) is 0.273. The minimum atomic E-state index is -0.190. The lowest BCUT2D eigenvalue weighted by molar-refractivity contribution is -0.122. The normalized spacial score (nSPS) is 11.9. The van der Waals surface area contributed by atoms with E-state index in [0.717, 1.165) is 16.7 Å². The standard InChI is InChI=1S/C22H23NO4/c1-15(21-14-18-6-3-4-7-20(18)27-21)23-22(25)8-5-13-26-19-11-9-17(10-12-19)16(2)24/h3-4,6-7,9-12,14-15H,5,8,13H2,1-2H3,(H,23,25). The summed E-state index contributed by atoms with van der Waals surface area (Å²) < 4.78 is 11.4. The molecular weight excluding hydrogens is 342 g/mol. The van der Waals surface area contributed by atoms with Crippen molar-refractivity contribution in [3.63, 3.8) is 0 Å². The van der Waals surface area contributed by atoms with Crippen LogP contribution in [-0.4, -0.2) is 18.3 Å². The fourth-order valence-corrected chi connectivity index (χ4v) is 2.81. The Morgan fingerprint density at radius 1 is 1.11 bits per heavy atom. The van der Waals surface area contributed by atoms with E-state index in [1.807, 2.05) is 37.3 Å². The Morgan fingerprint density at radius 3 is 2.56 bits per heavy atom. The van der Waals surface area contributed by atoms with Crippen molar-refractivity contribution in [2.75, 3.05) is 6.61 Å². The first-order chi connectivity index (χ1) is 13.0. The molecule has 0 aliphatic rings. The van der Waals surface area contributed by atoms with Gasteiger partial charge >= 0.3 is 0 Å². The predicted molar refractivity (Wildman–Crippen MR) is 104 cm³/mol. The smallest absolute Gasteiger partial charge is 0.220 e. The van der Waals surface area contributed by atoms with Crippen LogP contribution in [0.15, 0.2) is 59.0 Å². The number of ketones is 1. The number of carbonyl (C=O) groups excluding carboxylic acids is 2. The molecule has 0 aliphatic carbocycles. The van der Waals surface area contributed by atoms with Gasteiger partial charge in [-0.05, 0) is 56.7 Å². The molecule has 1 unspecified atom stereocenters. The molecule has 3 rings (SSSR count). The molecule has 27 heavy (non-hydrogen) atoms. The molecule has 0 saturated carbocycles. The molecule has 2 aromatic carbocycles. The van der Waals surface area contributed by atoms with Gasteiger partial charge in [0.15, 0.2) is 5.78 Å². The second-order valence-electron chi connectivity index (χ2n) is 6.51. The number of hydrogen-bond acceptors (Lipinski definition) is 4. The number of amides is 1. The zero-order valence-corrected chi connectivity index (χ0v) is 15.5. The number of rotatable bonds is 8. The van der Waals surface area contributed by atoms with Gasteiger partial charge in [0, 0.05) is 17.4 Å². The maximum Gasteiger partial charge on any atom is 0.220 e. The highest BCUT2D eigenvalue weighted by molar-refractivity contribution is 5.94. The lowest BCUT2D eigenvalue weighted by atomic mass is 10.1. The van der Waals surface area contributed by atoms with Gasteiger partial charge in [-0.3, -0.25) is 9.59 Å². The number of fused-ring (bicyclic) bond motifs is 1. The molecule has 3 aromatic rings. The van der Waals surface area contributed by atoms with Crippen LogP contribution < -0.4 is 10.1 Å². The summed E-state index contributed by atoms with van der Waals surface area (Å²) in [5.41, 5.74) is 1.47. The lowest BCUT2D eigenvalue weighted by Gasteiger charge is -2.11. The number of para-hydroxylation sites is 1. The molecule has 5 heteroatoms. The average Bonchev–Trinajstić information content (AvgIpc) is 3.10. The van der Waals surface area contributed by atoms with E-state index in [0.29, 0.717) is 30.8 Å². The summed E-state index contributed by atoms with van der Waals surface area (Å²) >= 11 is 0. The maximum absolute atomic E-state index is 12.1. The Kier molecular flexibility index (Phi) is 5.91. The molecule has 1 amide bonds. The third-order valence-electron chi connectivity index (χ3n) is 4.33. The molecule has 0 spiro atoms. The third kappa shape index (κ3) is 4.97. The molecule has 0 fully saturated rings. The van der Waals surface area contributed by atoms with Crippen LogP contribution in [0.5, 0.6) is 5.75 Å². The molecule has 1 heterocycles. The van der Waals surface area contributed by atoms with Gasteiger partial charge in [0.05, 0.1) is 12.6 Å². The van der Waals surface area contributed by atoms with E-state index >= 15 is 0 Å². The molecule has 1 atom stereocenters. The van der Waals surface area contributed by atoms with E-state index in [-0.39, 0.29) is 17.7 Å². The summed E-state index contributed by atoms with van der Waals surface area (Å²) in [5, 5.41) is 3.98. The van der Waals surface area contributed by atoms with E-state index in [9.17, 15) is 9.59 Å². The molecule has 1 aromatic heterocycles. The van der Waals surface area contributed by atoms with Gasteiger partial charge in [0.1, 0.15) is 17.1 Å². The zero-order chi connectivity index (χ0) is 19.2. The van der Waals surface area contributed by atoms with Crippen molar-refractivity contribution in [1.82, 2.24) is 5.32 Å². The maximum atomic E-state index is 12.1. The summed E-state index contributed by atoms with van der Waals surface area (Å²) in [6.45, 7) is 3.87. The SMILES string of the molecule is CC(=O)c1ccc(OCCCC(=O)NC(C)c2cc3ccccc3o2)cc1. The Balaban J connectivity index is 1.42. The number of ether oxygens (including phenoxy) is 1. The number of nitrogens with one attached hydrogen (secondary N) is 1. The van der Waals surface area contributed by atoms with Crippen LogP contribution in [0.3, 0.4) is 0 Å². The average molecular weight is 365 g/mol. The van der Waals surface area contributed by atoms with Crippen LogP contribution >= 0.6 is 0 Å². The minimum Gasteiger partial charge on any atom is -0.494 e. The summed E-state index contributed by atoms with van der Waals surface area (Å²) in [4.78, 5) is 23.4. The molecule has 5 nitrogen and oxygen atoms in total. The van der Waals surface area contributed by atoms with Crippen LogP contribution in [0.25, 0.3) is 11.0 Å². The van der Waals surface area contributed by atoms with Crippen LogP contribution in [0.4, 0.5) is 0 Å². The second kappa shape index (κ2) is 8.54. The van der Waals surface area contributed by atoms with Crippen LogP contribution in [0.2, 0.25) is 0 Å². The number of furan rings is 1. The van der Waals surface area contributed by atoms with Gasteiger partial charge in [0.25, 0.3) is 0 Å². The van der Waals surface area contributed by atoms with Gasteiger partial charge in [-0.1, -0.05) is 18.2 Å². The van der Waals surface area contributed by atoms with Gasteiger partial charge in [-0.25, -0.2) is 0 Å². The monoisotopic (exact) mass is 365 g/mol. The van der Waals surface area contributed by atoms with E-state index in [2.05, 4.69) is 5.32 Å². The van der Waals surface area contributed by atoms with Crippen molar-refractivity contribution in [2.24, 2.45) is 0 Å². The predicted octanol–water partition coefficient (Wildman–Crippen LogP) is 4.67. The van der Waals surface area contributed by atoms with Gasteiger partial charge in [-0.2, -0.15) is 0 Å². The van der Waals surface area contributed by atoms with E-state index in [4.69, 9.17) is 9.15 Å². The highest BCUT2D eigenvalue weighted by atomic mass is 16.5. The highest BCUT2D eigenvalue weighted by Crippen LogP contribution is 2.23. The minimum absolute atomic E-state index is 0.0248. The Morgan fingerprint density at radius 2 is 1.85 bits per heavy atom. The van der Waals surface area contributed by atoms with Crippen LogP contribution in [0.1, 0.15) is 48.8 Å². The zero-order valence-electron chi connectivity index (χ0n) is 15.5. The molecule has 140 valence electrons. The third-order valence-corrected chi connectivity index (χ3v) is 4.33. The van der Waals surface area contributed by atoms with Crippen molar-refractivity contribution < 1.29 is 18.7 Å². The first-order valence-corrected chi connectivity index (χ1v) is 9.04. The number of Topliss-reactive ketones (excluding diaryl/α,β-unsaturated/α-hetero) is 1. The number of benzene rings is 2. The van der Waals surface area contributed by atoms with E-state index in [1.54, 1.807) is 24.3 Å². The van der Waals surface area contributed by atoms with Crippen molar-refractivity contribution in [3.8, 4) is 5.75 Å². The van der Waals surface area contributed by atoms with E-state index in [1.165, 1.54) is 6.92 Å². The lowest BCUT2D eigenvalue weighted by Crippen LogP contribution is -2.26. The first kappa shape index (κ1) is 18.7. The molecular formula is C22H23NO4. The molecule has 0 saturated heterocycles. The molecule has 0 bridgehead atoms. The van der Waals surface area contributed by atoms with Gasteiger partial charge in [-0.15, -0.1) is 0 Å². The fourth-order valence-electron chi connectivity index (χ4n) is 2.81. The quantitative estimate of drug-likeness (QED) is 0.465. The largest absolute Gasteiger partial charge is 0.494 e. The summed E-state index contributed by atoms with van der Waals surface area (Å²) in [6, 6.07) is 16.5. The van der Waals surface area contributed by atoms with E-state index < -0.39 is 0 Å². The van der Waals surface area contributed by atoms with Crippen molar-refractivity contribution in [1.29, 1.82) is 0 Å². The Hall–Kier alpha value is -3.08. The van der Waals surface area contributed by atoms with Crippen molar-refractivity contribution >= 4 is 22.7 Å². The molecule has 1 N–H and O–H groups in total. The van der Waals surface area contributed by atoms with Crippen LogP contribution in [-0.2, 0) is 4.79 Å². The highest BCUT2D eigenvalue weighted by Gasteiger charge is 2.14. The Bertz CT molecular complexity index is 894. The van der Waals surface area contributed by atoms with Gasteiger partial charge in [0.2, 0.25) is 5.91 Å². The van der Waals surface area contributed by atoms with Crippen molar-refractivity contribution in [3.05, 3.63) is 65.9 Å². The summed E-state index contributed by atoms with van der Waals surface area (Å²) in [6.07, 6.45) is 0.975. The van der Waals surface area contributed by atoms with Crippen molar-refractivity contribution in [2.45, 2.75) is 32.7 Å². The summed E-state index contributed by atoms with van der Waals surface area (Å²) in [7, 11) is 0. The molecule has 0 aliphatic heterocycles.